The van der Waals surface area contributed by atoms with Gasteiger partial charge in [0.25, 0.3) is 0 Å². The number of carbonyl (C=O) groups is 1. The van der Waals surface area contributed by atoms with Crippen LogP contribution in [0.2, 0.25) is 0 Å². The smallest absolute Gasteiger partial charge is 0.166 e. The van der Waals surface area contributed by atoms with Gasteiger partial charge in [-0.2, -0.15) is 4.91 Å². The summed E-state index contributed by atoms with van der Waals surface area (Å²) in [6.45, 7) is 4.26. The van der Waals surface area contributed by atoms with Crippen LogP contribution in [-0.2, 0) is 4.79 Å². The van der Waals surface area contributed by atoms with Gasteiger partial charge in [0.15, 0.2) is 11.8 Å². The van der Waals surface area contributed by atoms with Crippen molar-refractivity contribution in [1.29, 1.82) is 0 Å². The van der Waals surface area contributed by atoms with E-state index >= 15 is 0 Å². The van der Waals surface area contributed by atoms with Crippen LogP contribution in [0.1, 0.15) is 20.3 Å². The minimum absolute atomic E-state index is 0.119. The van der Waals surface area contributed by atoms with Gasteiger partial charge in [0, 0.05) is 32.1 Å². The molecule has 2 unspecified atom stereocenters. The zero-order valence-electron chi connectivity index (χ0n) is 10.0. The first-order valence-corrected chi connectivity index (χ1v) is 5.27. The minimum atomic E-state index is -0.796. The predicted molar refractivity (Wildman–Crippen MR) is 65.6 cm³/mol. The zero-order chi connectivity index (χ0) is 12.4. The van der Waals surface area contributed by atoms with Crippen molar-refractivity contribution < 1.29 is 4.79 Å². The maximum Gasteiger partial charge on any atom is 0.166 e. The van der Waals surface area contributed by atoms with Gasteiger partial charge in [-0.25, -0.2) is 0 Å². The van der Waals surface area contributed by atoms with Gasteiger partial charge in [0.2, 0.25) is 0 Å². The number of allylic oxidation sites excluding steroid dienone is 1. The minimum Gasteiger partial charge on any atom is -0.391 e. The maximum atomic E-state index is 11.6. The molecule has 0 amide bonds. The molecule has 0 saturated heterocycles. The first-order valence-electron chi connectivity index (χ1n) is 5.27. The summed E-state index contributed by atoms with van der Waals surface area (Å²) in [4.78, 5) is 25.9. The van der Waals surface area contributed by atoms with Crippen molar-refractivity contribution in [2.75, 3.05) is 13.6 Å². The third-order valence-electron chi connectivity index (χ3n) is 2.18. The average Bonchev–Trinajstić information content (AvgIpc) is 2.27. The van der Waals surface area contributed by atoms with E-state index < -0.39 is 6.04 Å². The third-order valence-corrected chi connectivity index (χ3v) is 2.18. The maximum absolute atomic E-state index is 11.6. The van der Waals surface area contributed by atoms with Crippen LogP contribution in [-0.4, -0.2) is 31.6 Å². The molecule has 16 heavy (non-hydrogen) atoms. The first-order chi connectivity index (χ1) is 7.67. The molecule has 5 heteroatoms. The Kier molecular flexibility index (Phi) is 7.93. The summed E-state index contributed by atoms with van der Waals surface area (Å²) in [6, 6.07) is -0.796. The van der Waals surface area contributed by atoms with Gasteiger partial charge in [0.05, 0.1) is 0 Å². The summed E-state index contributed by atoms with van der Waals surface area (Å²) < 4.78 is 0. The van der Waals surface area contributed by atoms with Gasteiger partial charge in [0.1, 0.15) is 0 Å². The van der Waals surface area contributed by atoms with E-state index in [9.17, 15) is 9.70 Å². The molecule has 0 radical (unpaired) electrons. The number of nitroso groups, excluding NO2 is 1. The molecular weight excluding hydrogens is 206 g/mol. The van der Waals surface area contributed by atoms with Crippen molar-refractivity contribution in [2.24, 2.45) is 16.1 Å². The van der Waals surface area contributed by atoms with Crippen LogP contribution in [0.25, 0.3) is 0 Å². The molecule has 0 bridgehead atoms. The van der Waals surface area contributed by atoms with Crippen molar-refractivity contribution in [3.8, 4) is 0 Å². The fraction of sp³-hybridized carbons (Fsp3) is 0.636. The monoisotopic (exact) mass is 225 g/mol. The molecule has 0 spiro atoms. The number of rotatable bonds is 8. The Morgan fingerprint density at radius 1 is 1.50 bits per heavy atom. The summed E-state index contributed by atoms with van der Waals surface area (Å²) >= 11 is 0. The number of hydrogen-bond donors (Lipinski definition) is 1. The van der Waals surface area contributed by atoms with E-state index in [0.717, 1.165) is 0 Å². The van der Waals surface area contributed by atoms with E-state index in [4.69, 9.17) is 0 Å². The number of hydrogen-bond acceptors (Lipinski definition) is 5. The lowest BCUT2D eigenvalue weighted by molar-refractivity contribution is -0.119. The highest BCUT2D eigenvalue weighted by atomic mass is 16.3. The molecule has 0 aliphatic rings. The van der Waals surface area contributed by atoms with Crippen LogP contribution >= 0.6 is 0 Å². The molecule has 2 atom stereocenters. The predicted octanol–water partition coefficient (Wildman–Crippen LogP) is 1.54. The summed E-state index contributed by atoms with van der Waals surface area (Å²) in [6.07, 6.45) is 5.28. The van der Waals surface area contributed by atoms with Crippen molar-refractivity contribution in [2.45, 2.75) is 26.3 Å². The molecule has 0 aromatic heterocycles. The van der Waals surface area contributed by atoms with Gasteiger partial charge in [-0.3, -0.25) is 4.79 Å². The van der Waals surface area contributed by atoms with E-state index in [0.29, 0.717) is 6.54 Å². The lowest BCUT2D eigenvalue weighted by Crippen LogP contribution is -2.32. The number of nitrogens with one attached hydrogen (secondary N) is 1. The van der Waals surface area contributed by atoms with Gasteiger partial charge in [-0.05, 0) is 13.1 Å². The van der Waals surface area contributed by atoms with Crippen LogP contribution in [0, 0.1) is 10.8 Å². The van der Waals surface area contributed by atoms with Crippen LogP contribution in [0.4, 0.5) is 0 Å². The van der Waals surface area contributed by atoms with Crippen LogP contribution in [0.5, 0.6) is 0 Å². The molecular formula is C11H19N3O2. The van der Waals surface area contributed by atoms with E-state index in [1.54, 1.807) is 13.2 Å². The topological polar surface area (TPSA) is 70.9 Å². The molecule has 5 nitrogen and oxygen atoms in total. The second-order valence-corrected chi connectivity index (χ2v) is 3.55. The Labute approximate surface area is 96.0 Å². The number of aliphatic imine (C=N–C) groups is 1. The summed E-state index contributed by atoms with van der Waals surface area (Å²) in [5.41, 5.74) is 0. The number of ketones is 1. The van der Waals surface area contributed by atoms with Gasteiger partial charge in [-0.15, -0.1) is 0 Å². The second kappa shape index (κ2) is 8.76. The first kappa shape index (κ1) is 14.5. The Balaban J connectivity index is 4.24. The van der Waals surface area contributed by atoms with Crippen molar-refractivity contribution >= 4 is 12.0 Å². The van der Waals surface area contributed by atoms with Gasteiger partial charge < -0.3 is 10.3 Å². The largest absolute Gasteiger partial charge is 0.391 e. The SMILES string of the molecule is C/C=C\NCC(C)C(N=O)C(=O)CC=NC. The van der Waals surface area contributed by atoms with Crippen LogP contribution in [0.3, 0.4) is 0 Å². The van der Waals surface area contributed by atoms with Gasteiger partial charge >= 0.3 is 0 Å². The number of carbonyl (C=O) groups excluding carboxylic acids is 1. The highest BCUT2D eigenvalue weighted by Crippen LogP contribution is 2.09. The Morgan fingerprint density at radius 3 is 2.69 bits per heavy atom. The molecule has 0 aliphatic heterocycles. The van der Waals surface area contributed by atoms with Crippen LogP contribution < -0.4 is 5.32 Å². The standard InChI is InChI=1S/C11H19N3O2/c1-4-6-13-8-9(2)11(14-16)10(15)5-7-12-3/h4,6-7,9,11,13H,5,8H2,1-3H3/b6-4-,12-7?. The lowest BCUT2D eigenvalue weighted by Gasteiger charge is -2.15. The van der Waals surface area contributed by atoms with Crippen molar-refractivity contribution in [1.82, 2.24) is 5.32 Å². The molecule has 0 aromatic carbocycles. The van der Waals surface area contributed by atoms with Crippen LogP contribution in [0.15, 0.2) is 22.4 Å². The lowest BCUT2D eigenvalue weighted by atomic mass is 9.97. The summed E-state index contributed by atoms with van der Waals surface area (Å²) in [7, 11) is 1.59. The normalized spacial score (nSPS) is 15.2. The van der Waals surface area contributed by atoms with E-state index in [1.165, 1.54) is 6.21 Å². The third kappa shape index (κ3) is 5.38. The molecule has 0 heterocycles. The molecule has 0 fully saturated rings. The second-order valence-electron chi connectivity index (χ2n) is 3.55. The highest BCUT2D eigenvalue weighted by molar-refractivity contribution is 5.95. The summed E-state index contributed by atoms with van der Waals surface area (Å²) in [5.74, 6) is -0.304. The summed E-state index contributed by atoms with van der Waals surface area (Å²) in [5, 5.41) is 5.89. The molecule has 0 rings (SSSR count). The molecule has 0 aromatic rings. The highest BCUT2D eigenvalue weighted by Gasteiger charge is 2.24. The zero-order valence-corrected chi connectivity index (χ0v) is 10.0. The molecule has 0 aliphatic carbocycles. The fourth-order valence-corrected chi connectivity index (χ4v) is 1.27. The molecule has 90 valence electrons. The quantitative estimate of drug-likeness (QED) is 0.503. The molecule has 0 saturated carbocycles. The Morgan fingerprint density at radius 2 is 2.19 bits per heavy atom. The number of Topliss-reactive ketones (excluding diaryl/α,β-unsaturated/α-hetero) is 1. The number of nitrogens with zero attached hydrogens (tertiary/aromatic N) is 2. The average molecular weight is 225 g/mol. The Bertz CT molecular complexity index is 274. The van der Waals surface area contributed by atoms with Crippen molar-refractivity contribution in [3.05, 3.63) is 17.2 Å². The van der Waals surface area contributed by atoms with E-state index in [1.807, 2.05) is 19.9 Å². The molecule has 1 N–H and O–H groups in total. The van der Waals surface area contributed by atoms with E-state index in [2.05, 4.69) is 15.5 Å². The fourth-order valence-electron chi connectivity index (χ4n) is 1.27. The van der Waals surface area contributed by atoms with Crippen molar-refractivity contribution in [3.63, 3.8) is 0 Å². The van der Waals surface area contributed by atoms with Gasteiger partial charge in [-0.1, -0.05) is 18.2 Å². The van der Waals surface area contributed by atoms with E-state index in [-0.39, 0.29) is 18.1 Å². The Hall–Kier alpha value is -1.52.